The zero-order chi connectivity index (χ0) is 40.2. The molecule has 18 heteroatoms. The maximum absolute atomic E-state index is 12.9. The Labute approximate surface area is 335 Å². The lowest BCUT2D eigenvalue weighted by atomic mass is 9.82. The smallest absolute Gasteiger partial charge is 0.423 e. The maximum Gasteiger partial charge on any atom is 0.490 e. The molecule has 0 bridgehead atoms. The topological polar surface area (TPSA) is 200 Å². The summed E-state index contributed by atoms with van der Waals surface area (Å²) in [6, 6.07) is 17.5. The van der Waals surface area contributed by atoms with Crippen molar-refractivity contribution >= 4 is 66.9 Å². The molecule has 300 valence electrons. The summed E-state index contributed by atoms with van der Waals surface area (Å²) >= 11 is 6.13. The first-order valence-corrected chi connectivity index (χ1v) is 22.2. The number of sulfone groups is 2. The highest BCUT2D eigenvalue weighted by atomic mass is 35.5. The summed E-state index contributed by atoms with van der Waals surface area (Å²) in [6.07, 6.45) is 6.10. The van der Waals surface area contributed by atoms with Crippen molar-refractivity contribution in [1.82, 2.24) is 19.8 Å². The van der Waals surface area contributed by atoms with E-state index in [1.165, 1.54) is 18.3 Å². The Balaban J connectivity index is 0.000000156. The van der Waals surface area contributed by atoms with Gasteiger partial charge in [0.1, 0.15) is 11.6 Å². The number of nitrogen functional groups attached to an aromatic ring is 2. The van der Waals surface area contributed by atoms with Crippen LogP contribution in [-0.4, -0.2) is 131 Å². The van der Waals surface area contributed by atoms with Crippen LogP contribution < -0.4 is 26.7 Å². The second kappa shape index (κ2) is 17.7. The summed E-state index contributed by atoms with van der Waals surface area (Å²) in [7, 11) is -3.70. The van der Waals surface area contributed by atoms with Crippen LogP contribution in [0.25, 0.3) is 11.1 Å². The van der Waals surface area contributed by atoms with E-state index in [0.29, 0.717) is 31.9 Å². The molecule has 56 heavy (non-hydrogen) atoms. The monoisotopic (exact) mass is 824 g/mol. The molecule has 2 aliphatic carbocycles. The Morgan fingerprint density at radius 1 is 0.625 bits per heavy atom. The van der Waals surface area contributed by atoms with Crippen molar-refractivity contribution in [2.24, 2.45) is 0 Å². The van der Waals surface area contributed by atoms with Crippen molar-refractivity contribution in [1.29, 1.82) is 0 Å². The second-order valence-electron chi connectivity index (χ2n) is 14.8. The summed E-state index contributed by atoms with van der Waals surface area (Å²) in [5.74, 6) is 0.819. The minimum atomic E-state index is -3.26. The van der Waals surface area contributed by atoms with Gasteiger partial charge in [0.25, 0.3) is 0 Å². The van der Waals surface area contributed by atoms with Gasteiger partial charge in [-0.3, -0.25) is 0 Å². The number of anilines is 4. The molecule has 2 aliphatic heterocycles. The Morgan fingerprint density at radius 3 is 1.52 bits per heavy atom. The van der Waals surface area contributed by atoms with Crippen molar-refractivity contribution in [3.63, 3.8) is 0 Å². The fourth-order valence-electron chi connectivity index (χ4n) is 6.41. The molecule has 0 amide bonds. The molecular formula is C38H50BClN8O6S2. The standard InChI is InChI=1S/C19H24N4O2S.C14H19ClN2O2S.C5H7BN2O2/c1-22-6-8-23(9-7-22)16-10-15(14-2-5-19(20)21-13-14)11-18(12-16)26(24,25)17-3-4-17;1-16-4-6-17(7-5-16)12-8-11(15)9-14(10-12)20(18,19)13-2-3-13;7-5-2-1-4(3-8-5)6(9)10/h2,5,10-13,17H,3-4,6-9H2,1H3,(H2,20,21);8-10,13H,2-7H2,1H3;1-3,9-10H,(H2,7,8). The number of nitrogens with zero attached hydrogens (tertiary/aromatic N) is 6. The van der Waals surface area contributed by atoms with E-state index in [9.17, 15) is 16.8 Å². The normalized spacial score (nSPS) is 18.0. The van der Waals surface area contributed by atoms with Crippen molar-refractivity contribution < 1.29 is 26.9 Å². The molecule has 0 unspecified atom stereocenters. The summed E-state index contributed by atoms with van der Waals surface area (Å²) in [4.78, 5) is 17.6. The van der Waals surface area contributed by atoms with E-state index in [1.807, 2.05) is 18.2 Å². The number of hydrogen-bond donors (Lipinski definition) is 4. The zero-order valence-corrected chi connectivity index (χ0v) is 34.1. The van der Waals surface area contributed by atoms with Gasteiger partial charge in [-0.15, -0.1) is 0 Å². The lowest BCUT2D eigenvalue weighted by Gasteiger charge is -2.34. The van der Waals surface area contributed by atoms with Gasteiger partial charge in [0, 0.05) is 92.2 Å². The fraction of sp³-hybridized carbons (Fsp3) is 0.421. The van der Waals surface area contributed by atoms with E-state index in [2.05, 4.69) is 49.7 Å². The van der Waals surface area contributed by atoms with Gasteiger partial charge in [0.15, 0.2) is 19.7 Å². The van der Waals surface area contributed by atoms with Crippen LogP contribution in [0.1, 0.15) is 25.7 Å². The first kappa shape index (κ1) is 41.7. The van der Waals surface area contributed by atoms with Crippen LogP contribution in [-0.2, 0) is 19.7 Å². The van der Waals surface area contributed by atoms with Crippen LogP contribution in [0.3, 0.4) is 0 Å². The van der Waals surface area contributed by atoms with Crippen molar-refractivity contribution in [3.8, 4) is 11.1 Å². The number of nitrogens with two attached hydrogens (primary N) is 2. The molecule has 2 saturated carbocycles. The summed E-state index contributed by atoms with van der Waals surface area (Å²) in [5, 5.41) is 17.3. The molecule has 4 fully saturated rings. The Hall–Kier alpha value is -3.97. The first-order valence-electron chi connectivity index (χ1n) is 18.7. The fourth-order valence-corrected chi connectivity index (χ4v) is 10.1. The summed E-state index contributed by atoms with van der Waals surface area (Å²) in [6.45, 7) is 7.50. The van der Waals surface area contributed by atoms with Crippen LogP contribution >= 0.6 is 11.6 Å². The third-order valence-electron chi connectivity index (χ3n) is 10.3. The van der Waals surface area contributed by atoms with Crippen molar-refractivity contribution in [3.05, 3.63) is 78.1 Å². The number of hydrogen-bond acceptors (Lipinski definition) is 14. The minimum absolute atomic E-state index is 0.193. The van der Waals surface area contributed by atoms with Crippen LogP contribution in [0, 0.1) is 0 Å². The molecule has 14 nitrogen and oxygen atoms in total. The molecule has 6 N–H and O–H groups in total. The van der Waals surface area contributed by atoms with E-state index < -0.39 is 26.8 Å². The maximum atomic E-state index is 12.9. The largest absolute Gasteiger partial charge is 0.490 e. The molecule has 4 heterocycles. The highest BCUT2D eigenvalue weighted by molar-refractivity contribution is 7.92. The summed E-state index contributed by atoms with van der Waals surface area (Å²) in [5.41, 5.74) is 14.9. The number of rotatable bonds is 8. The Bertz CT molecular complexity index is 2180. The Morgan fingerprint density at radius 2 is 1.09 bits per heavy atom. The highest BCUT2D eigenvalue weighted by Gasteiger charge is 2.38. The Kier molecular flexibility index (Phi) is 13.1. The van der Waals surface area contributed by atoms with Gasteiger partial charge in [-0.25, -0.2) is 26.8 Å². The summed E-state index contributed by atoms with van der Waals surface area (Å²) < 4.78 is 50.4. The van der Waals surface area contributed by atoms with Crippen molar-refractivity contribution in [2.75, 3.05) is 87.7 Å². The first-order chi connectivity index (χ1) is 26.6. The van der Waals surface area contributed by atoms with Gasteiger partial charge < -0.3 is 41.1 Å². The number of aromatic nitrogens is 2. The molecule has 2 aromatic carbocycles. The van der Waals surface area contributed by atoms with Crippen LogP contribution in [0.2, 0.25) is 5.02 Å². The van der Waals surface area contributed by atoms with E-state index in [4.69, 9.17) is 33.1 Å². The molecule has 0 atom stereocenters. The molecular weight excluding hydrogens is 775 g/mol. The van der Waals surface area contributed by atoms with E-state index in [1.54, 1.807) is 30.5 Å². The second-order valence-corrected chi connectivity index (χ2v) is 19.7. The zero-order valence-electron chi connectivity index (χ0n) is 31.7. The van der Waals surface area contributed by atoms with Crippen LogP contribution in [0.15, 0.2) is 82.8 Å². The van der Waals surface area contributed by atoms with E-state index in [0.717, 1.165) is 101 Å². The quantitative estimate of drug-likeness (QED) is 0.189. The van der Waals surface area contributed by atoms with Gasteiger partial charge in [-0.1, -0.05) is 17.7 Å². The van der Waals surface area contributed by atoms with Gasteiger partial charge in [0.2, 0.25) is 0 Å². The predicted molar refractivity (Wildman–Crippen MR) is 224 cm³/mol. The SMILES string of the molecule is CN1CCN(c2cc(-c3ccc(N)nc3)cc(S(=O)(=O)C3CC3)c2)CC1.CN1CCN(c2cc(Cl)cc(S(=O)(=O)C3CC3)c2)CC1.Nc1ccc(B(O)O)cn1. The third-order valence-corrected chi connectivity index (χ3v) is 15.0. The van der Waals surface area contributed by atoms with E-state index >= 15 is 0 Å². The molecule has 0 spiro atoms. The number of pyridine rings is 2. The highest BCUT2D eigenvalue weighted by Crippen LogP contribution is 2.38. The number of likely N-dealkylation sites (N-methyl/N-ethyl adjacent to an activating group) is 2. The average molecular weight is 825 g/mol. The number of halogens is 1. The van der Waals surface area contributed by atoms with Gasteiger partial charge >= 0.3 is 7.12 Å². The number of benzene rings is 2. The molecule has 8 rings (SSSR count). The van der Waals surface area contributed by atoms with E-state index in [-0.39, 0.29) is 10.5 Å². The van der Waals surface area contributed by atoms with Gasteiger partial charge in [0.05, 0.1) is 20.3 Å². The third kappa shape index (κ3) is 10.7. The predicted octanol–water partition coefficient (Wildman–Crippen LogP) is 2.39. The lowest BCUT2D eigenvalue weighted by Crippen LogP contribution is -2.44. The average Bonchev–Trinajstić information content (AvgIpc) is 4.10. The number of piperazine rings is 2. The van der Waals surface area contributed by atoms with Crippen LogP contribution in [0.4, 0.5) is 23.0 Å². The molecule has 4 aliphatic rings. The lowest BCUT2D eigenvalue weighted by molar-refractivity contribution is 0.313. The molecule has 0 radical (unpaired) electrons. The van der Waals surface area contributed by atoms with Crippen molar-refractivity contribution in [2.45, 2.75) is 46.0 Å². The van der Waals surface area contributed by atoms with Gasteiger partial charge in [-0.2, -0.15) is 0 Å². The molecule has 4 aromatic rings. The van der Waals surface area contributed by atoms with Gasteiger partial charge in [-0.05, 0) is 99.9 Å². The minimum Gasteiger partial charge on any atom is -0.423 e. The molecule has 2 saturated heterocycles. The molecule has 2 aromatic heterocycles. The van der Waals surface area contributed by atoms with Crippen LogP contribution in [0.5, 0.6) is 0 Å².